The van der Waals surface area contributed by atoms with Gasteiger partial charge in [-0.3, -0.25) is 4.79 Å². The summed E-state index contributed by atoms with van der Waals surface area (Å²) in [6, 6.07) is 0. The van der Waals surface area contributed by atoms with Gasteiger partial charge < -0.3 is 5.73 Å². The summed E-state index contributed by atoms with van der Waals surface area (Å²) >= 11 is 0. The third-order valence-corrected chi connectivity index (χ3v) is 0.548. The van der Waals surface area contributed by atoms with E-state index in [0.717, 1.165) is 12.7 Å². The Hall–Kier alpha value is -0.630. The normalized spacial score (nSPS) is 9.86. The van der Waals surface area contributed by atoms with Crippen molar-refractivity contribution in [1.29, 1.82) is 0 Å². The van der Waals surface area contributed by atoms with Gasteiger partial charge in [-0.25, -0.2) is 0 Å². The molecule has 0 aliphatic rings. The lowest BCUT2D eigenvalue weighted by atomic mass is 10.4. The number of carbonyl (C=O) groups is 1. The van der Waals surface area contributed by atoms with Crippen LogP contribution in [-0.2, 0) is 4.79 Å². The molecule has 0 heterocycles. The van der Waals surface area contributed by atoms with Gasteiger partial charge in [-0.1, -0.05) is 6.08 Å². The third-order valence-electron chi connectivity index (χ3n) is 0.548. The molecule has 0 fully saturated rings. The highest BCUT2D eigenvalue weighted by Gasteiger charge is 1.67. The molecule has 2 N–H and O–H groups in total. The minimum absolute atomic E-state index is 0.615. The monoisotopic (exact) mass is 99.1 g/mol. The molecular weight excluding hydrogens is 90.1 g/mol. The Morgan fingerprint density at radius 3 is 2.71 bits per heavy atom. The molecule has 40 valence electrons. The van der Waals surface area contributed by atoms with Gasteiger partial charge in [0.25, 0.3) is 0 Å². The van der Waals surface area contributed by atoms with Crippen LogP contribution in [0.25, 0.3) is 0 Å². The van der Waals surface area contributed by atoms with Crippen LogP contribution in [0.5, 0.6) is 0 Å². The molecule has 0 saturated heterocycles. The van der Waals surface area contributed by atoms with Crippen LogP contribution >= 0.6 is 0 Å². The lowest BCUT2D eigenvalue weighted by Gasteiger charge is -1.77. The predicted octanol–water partition coefficient (Wildman–Crippen LogP) is 0.0903. The number of aldehydes is 1. The van der Waals surface area contributed by atoms with E-state index in [1.165, 1.54) is 6.08 Å². The second kappa shape index (κ2) is 5.37. The van der Waals surface area contributed by atoms with Crippen molar-refractivity contribution in [1.82, 2.24) is 0 Å². The molecule has 0 aromatic heterocycles. The van der Waals surface area contributed by atoms with Crippen molar-refractivity contribution in [3.63, 3.8) is 0 Å². The highest BCUT2D eigenvalue weighted by atomic mass is 16.1. The Bertz CT molecular complexity index is 68.5. The molecule has 0 amide bonds. The first-order valence-corrected chi connectivity index (χ1v) is 2.22. The van der Waals surface area contributed by atoms with Gasteiger partial charge in [0.05, 0.1) is 0 Å². The zero-order valence-electron chi connectivity index (χ0n) is 4.13. The molecule has 0 radical (unpaired) electrons. The zero-order valence-corrected chi connectivity index (χ0v) is 4.13. The van der Waals surface area contributed by atoms with Gasteiger partial charge >= 0.3 is 0 Å². The van der Waals surface area contributed by atoms with Gasteiger partial charge in [0, 0.05) is 0 Å². The van der Waals surface area contributed by atoms with E-state index in [-0.39, 0.29) is 0 Å². The van der Waals surface area contributed by atoms with Crippen molar-refractivity contribution in [2.24, 2.45) is 5.73 Å². The summed E-state index contributed by atoms with van der Waals surface area (Å²) in [4.78, 5) is 9.55. The molecule has 0 aromatic rings. The van der Waals surface area contributed by atoms with Crippen LogP contribution in [0.2, 0.25) is 0 Å². The van der Waals surface area contributed by atoms with Crippen LogP contribution in [-0.4, -0.2) is 12.8 Å². The first-order chi connectivity index (χ1) is 3.41. The third kappa shape index (κ3) is 5.37. The van der Waals surface area contributed by atoms with Crippen molar-refractivity contribution in [3.8, 4) is 0 Å². The summed E-state index contributed by atoms with van der Waals surface area (Å²) < 4.78 is 0. The van der Waals surface area contributed by atoms with E-state index in [0.29, 0.717) is 6.54 Å². The molecule has 0 aliphatic heterocycles. The second-order valence-electron chi connectivity index (χ2n) is 1.14. The summed E-state index contributed by atoms with van der Waals surface area (Å²) in [6.07, 6.45) is 4.73. The zero-order chi connectivity index (χ0) is 5.54. The van der Waals surface area contributed by atoms with Gasteiger partial charge in [0.2, 0.25) is 0 Å². The van der Waals surface area contributed by atoms with Crippen molar-refractivity contribution in [2.45, 2.75) is 6.42 Å². The summed E-state index contributed by atoms with van der Waals surface area (Å²) in [6.45, 7) is 0.615. The van der Waals surface area contributed by atoms with E-state index in [2.05, 4.69) is 0 Å². The fourth-order valence-electron chi connectivity index (χ4n) is 0.248. The van der Waals surface area contributed by atoms with Crippen LogP contribution in [0.3, 0.4) is 0 Å². The second-order valence-corrected chi connectivity index (χ2v) is 1.14. The van der Waals surface area contributed by atoms with E-state index in [4.69, 9.17) is 5.73 Å². The minimum atomic E-state index is 0.615. The largest absolute Gasteiger partial charge is 0.330 e. The smallest absolute Gasteiger partial charge is 0.142 e. The average Bonchev–Trinajstić information content (AvgIpc) is 1.69. The molecule has 0 bridgehead atoms. The SMILES string of the molecule is NCC/C=C\C=O. The molecule has 0 saturated carbocycles. The Kier molecular flexibility index (Phi) is 4.89. The molecule has 7 heavy (non-hydrogen) atoms. The Balaban J connectivity index is 2.92. The van der Waals surface area contributed by atoms with E-state index >= 15 is 0 Å². The molecule has 0 unspecified atom stereocenters. The fraction of sp³-hybridized carbons (Fsp3) is 0.400. The molecule has 2 nitrogen and oxygen atoms in total. The highest BCUT2D eigenvalue weighted by Crippen LogP contribution is 1.73. The Labute approximate surface area is 43.0 Å². The first-order valence-electron chi connectivity index (χ1n) is 2.22. The number of carbonyl (C=O) groups excluding carboxylic acids is 1. The van der Waals surface area contributed by atoms with Crippen molar-refractivity contribution < 1.29 is 4.79 Å². The first kappa shape index (κ1) is 6.37. The van der Waals surface area contributed by atoms with Gasteiger partial charge in [-0.2, -0.15) is 0 Å². The van der Waals surface area contributed by atoms with Crippen LogP contribution in [0.4, 0.5) is 0 Å². The maximum Gasteiger partial charge on any atom is 0.142 e. The van der Waals surface area contributed by atoms with Gasteiger partial charge in [-0.15, -0.1) is 0 Å². The van der Waals surface area contributed by atoms with Crippen LogP contribution in [0, 0.1) is 0 Å². The number of rotatable bonds is 3. The van der Waals surface area contributed by atoms with Crippen molar-refractivity contribution in [2.75, 3.05) is 6.54 Å². The Morgan fingerprint density at radius 2 is 2.29 bits per heavy atom. The standard InChI is InChI=1S/C5H9NO/c6-4-2-1-3-5-7/h1,3,5H,2,4,6H2/b3-1-. The molecule has 0 aromatic carbocycles. The molecule has 0 aliphatic carbocycles. The van der Waals surface area contributed by atoms with Crippen LogP contribution in [0.1, 0.15) is 6.42 Å². The lowest BCUT2D eigenvalue weighted by molar-refractivity contribution is -0.104. The number of hydrogen-bond acceptors (Lipinski definition) is 2. The molecule has 0 atom stereocenters. The topological polar surface area (TPSA) is 43.1 Å². The maximum atomic E-state index is 9.55. The van der Waals surface area contributed by atoms with Crippen LogP contribution in [0.15, 0.2) is 12.2 Å². The number of hydrogen-bond donors (Lipinski definition) is 1. The molecule has 0 rings (SSSR count). The predicted molar refractivity (Wildman–Crippen MR) is 28.9 cm³/mol. The molecule has 0 spiro atoms. The number of nitrogens with two attached hydrogens (primary N) is 1. The average molecular weight is 99.1 g/mol. The summed E-state index contributed by atoms with van der Waals surface area (Å²) in [7, 11) is 0. The van der Waals surface area contributed by atoms with Crippen molar-refractivity contribution >= 4 is 6.29 Å². The van der Waals surface area contributed by atoms with Gasteiger partial charge in [0.1, 0.15) is 6.29 Å². The summed E-state index contributed by atoms with van der Waals surface area (Å²) in [5, 5.41) is 0. The Morgan fingerprint density at radius 1 is 1.57 bits per heavy atom. The lowest BCUT2D eigenvalue weighted by Crippen LogP contribution is -1.94. The quantitative estimate of drug-likeness (QED) is 0.402. The van der Waals surface area contributed by atoms with Gasteiger partial charge in [0.15, 0.2) is 0 Å². The van der Waals surface area contributed by atoms with Crippen LogP contribution < -0.4 is 5.73 Å². The minimum Gasteiger partial charge on any atom is -0.330 e. The summed E-state index contributed by atoms with van der Waals surface area (Å²) in [5.74, 6) is 0. The molecular formula is C5H9NO. The maximum absolute atomic E-state index is 9.55. The fourth-order valence-corrected chi connectivity index (χ4v) is 0.248. The van der Waals surface area contributed by atoms with E-state index < -0.39 is 0 Å². The van der Waals surface area contributed by atoms with Crippen molar-refractivity contribution in [3.05, 3.63) is 12.2 Å². The molecule has 2 heteroatoms. The number of allylic oxidation sites excluding steroid dienone is 1. The highest BCUT2D eigenvalue weighted by molar-refractivity contribution is 5.64. The van der Waals surface area contributed by atoms with E-state index in [9.17, 15) is 4.79 Å². The summed E-state index contributed by atoms with van der Waals surface area (Å²) in [5.41, 5.74) is 5.10. The van der Waals surface area contributed by atoms with E-state index in [1.807, 2.05) is 0 Å². The van der Waals surface area contributed by atoms with E-state index in [1.54, 1.807) is 6.08 Å². The van der Waals surface area contributed by atoms with Gasteiger partial charge in [-0.05, 0) is 19.0 Å².